The summed E-state index contributed by atoms with van der Waals surface area (Å²) in [6.07, 6.45) is 1.74. The molecule has 3 amide bonds. The highest BCUT2D eigenvalue weighted by atomic mass is 16.2. The second-order valence-electron chi connectivity index (χ2n) is 6.27. The second-order valence-corrected chi connectivity index (χ2v) is 6.27. The summed E-state index contributed by atoms with van der Waals surface area (Å²) in [4.78, 5) is 39.6. The summed E-state index contributed by atoms with van der Waals surface area (Å²) in [7, 11) is 0. The Morgan fingerprint density at radius 2 is 1.83 bits per heavy atom. The molecule has 1 aromatic carbocycles. The molecule has 2 atom stereocenters. The number of carbonyl (C=O) groups excluding carboxylic acids is 3. The van der Waals surface area contributed by atoms with E-state index < -0.39 is 0 Å². The van der Waals surface area contributed by atoms with E-state index in [2.05, 4.69) is 0 Å². The molecule has 0 bridgehead atoms. The van der Waals surface area contributed by atoms with Gasteiger partial charge in [-0.25, -0.2) is 0 Å². The van der Waals surface area contributed by atoms with Crippen molar-refractivity contribution in [1.82, 2.24) is 4.90 Å². The van der Waals surface area contributed by atoms with E-state index in [1.165, 1.54) is 0 Å². The maximum atomic E-state index is 12.7. The third kappa shape index (κ3) is 3.21. The monoisotopic (exact) mass is 315 g/mol. The van der Waals surface area contributed by atoms with E-state index in [1.54, 1.807) is 9.80 Å². The van der Waals surface area contributed by atoms with Crippen molar-refractivity contribution < 1.29 is 14.4 Å². The first-order chi connectivity index (χ1) is 11.1. The minimum absolute atomic E-state index is 0.0296. The van der Waals surface area contributed by atoms with Crippen LogP contribution in [0.1, 0.15) is 19.3 Å². The van der Waals surface area contributed by atoms with Crippen LogP contribution in [0.2, 0.25) is 0 Å². The molecule has 0 saturated carbocycles. The first-order valence-corrected chi connectivity index (χ1v) is 8.00. The van der Waals surface area contributed by atoms with Crippen molar-refractivity contribution >= 4 is 23.4 Å². The molecule has 23 heavy (non-hydrogen) atoms. The molecule has 2 unspecified atom stereocenters. The van der Waals surface area contributed by atoms with Crippen LogP contribution in [0.25, 0.3) is 0 Å². The predicted molar refractivity (Wildman–Crippen MR) is 85.4 cm³/mol. The molecule has 0 radical (unpaired) electrons. The molecule has 0 aliphatic carbocycles. The number of para-hydroxylation sites is 1. The minimum atomic E-state index is -0.351. The molecule has 2 heterocycles. The van der Waals surface area contributed by atoms with E-state index in [0.717, 1.165) is 18.5 Å². The van der Waals surface area contributed by atoms with Crippen LogP contribution in [-0.4, -0.2) is 42.3 Å². The molecule has 2 aliphatic rings. The third-order valence-electron chi connectivity index (χ3n) is 4.68. The lowest BCUT2D eigenvalue weighted by Gasteiger charge is -2.32. The fourth-order valence-corrected chi connectivity index (χ4v) is 3.40. The number of piperidine rings is 1. The van der Waals surface area contributed by atoms with Gasteiger partial charge in [-0.1, -0.05) is 18.2 Å². The van der Waals surface area contributed by atoms with Gasteiger partial charge in [0, 0.05) is 31.7 Å². The van der Waals surface area contributed by atoms with Gasteiger partial charge in [0.2, 0.25) is 17.7 Å². The lowest BCUT2D eigenvalue weighted by molar-refractivity contribution is -0.139. The highest BCUT2D eigenvalue weighted by Gasteiger charge is 2.38. The van der Waals surface area contributed by atoms with E-state index >= 15 is 0 Å². The highest BCUT2D eigenvalue weighted by molar-refractivity contribution is 6.00. The minimum Gasteiger partial charge on any atom is -0.369 e. The van der Waals surface area contributed by atoms with E-state index in [1.807, 2.05) is 30.3 Å². The number of primary amides is 1. The van der Waals surface area contributed by atoms with Crippen molar-refractivity contribution in [2.24, 2.45) is 17.6 Å². The van der Waals surface area contributed by atoms with Crippen molar-refractivity contribution in [3.05, 3.63) is 30.3 Å². The fraction of sp³-hybridized carbons (Fsp3) is 0.471. The van der Waals surface area contributed by atoms with E-state index in [4.69, 9.17) is 5.73 Å². The van der Waals surface area contributed by atoms with Gasteiger partial charge in [0.1, 0.15) is 0 Å². The number of amides is 3. The normalized spacial score (nSPS) is 24.8. The van der Waals surface area contributed by atoms with Crippen molar-refractivity contribution in [3.8, 4) is 0 Å². The second kappa shape index (κ2) is 6.40. The van der Waals surface area contributed by atoms with Crippen LogP contribution in [0.15, 0.2) is 30.3 Å². The van der Waals surface area contributed by atoms with Gasteiger partial charge in [0.05, 0.1) is 11.8 Å². The topological polar surface area (TPSA) is 83.7 Å². The number of rotatable bonds is 3. The maximum absolute atomic E-state index is 12.7. The predicted octanol–water partition coefficient (Wildman–Crippen LogP) is 0.763. The van der Waals surface area contributed by atoms with Crippen molar-refractivity contribution in [2.45, 2.75) is 19.3 Å². The highest BCUT2D eigenvalue weighted by Crippen LogP contribution is 2.27. The van der Waals surface area contributed by atoms with Crippen LogP contribution in [-0.2, 0) is 14.4 Å². The lowest BCUT2D eigenvalue weighted by atomic mass is 9.96. The molecule has 0 aromatic heterocycles. The molecule has 2 fully saturated rings. The van der Waals surface area contributed by atoms with Crippen molar-refractivity contribution in [2.75, 3.05) is 24.5 Å². The molecule has 3 rings (SSSR count). The Morgan fingerprint density at radius 1 is 1.09 bits per heavy atom. The summed E-state index contributed by atoms with van der Waals surface area (Å²) >= 11 is 0. The number of hydrogen-bond acceptors (Lipinski definition) is 3. The summed E-state index contributed by atoms with van der Waals surface area (Å²) in [5, 5.41) is 0. The van der Waals surface area contributed by atoms with Crippen molar-refractivity contribution in [3.63, 3.8) is 0 Å². The fourth-order valence-electron chi connectivity index (χ4n) is 3.40. The van der Waals surface area contributed by atoms with Gasteiger partial charge in [0.25, 0.3) is 0 Å². The standard InChI is InChI=1S/C17H21N3O3/c18-16(22)12-5-4-8-19(10-12)17(23)13-9-15(21)20(11-13)14-6-2-1-3-7-14/h1-3,6-7,12-13H,4-5,8-11H2,(H2,18,22). The number of hydrogen-bond donors (Lipinski definition) is 1. The molecular weight excluding hydrogens is 294 g/mol. The molecule has 6 heteroatoms. The first kappa shape index (κ1) is 15.5. The Bertz CT molecular complexity index is 617. The Labute approximate surface area is 135 Å². The smallest absolute Gasteiger partial charge is 0.228 e. The van der Waals surface area contributed by atoms with Crippen LogP contribution >= 0.6 is 0 Å². The summed E-state index contributed by atoms with van der Waals surface area (Å²) in [6, 6.07) is 9.38. The van der Waals surface area contributed by atoms with Crippen LogP contribution in [0, 0.1) is 11.8 Å². The Hall–Kier alpha value is -2.37. The SMILES string of the molecule is NC(=O)C1CCCN(C(=O)C2CC(=O)N(c3ccccc3)C2)C1. The zero-order valence-electron chi connectivity index (χ0n) is 13.0. The number of carbonyl (C=O) groups is 3. The Balaban J connectivity index is 1.67. The number of nitrogens with zero attached hydrogens (tertiary/aromatic N) is 2. The van der Waals surface area contributed by atoms with Crippen LogP contribution in [0.4, 0.5) is 5.69 Å². The number of nitrogens with two attached hydrogens (primary N) is 1. The van der Waals surface area contributed by atoms with Gasteiger partial charge < -0.3 is 15.5 Å². The zero-order valence-corrected chi connectivity index (χ0v) is 13.0. The molecule has 2 N–H and O–H groups in total. The summed E-state index contributed by atoms with van der Waals surface area (Å²) in [6.45, 7) is 1.42. The molecule has 1 aromatic rings. The number of benzene rings is 1. The van der Waals surface area contributed by atoms with Crippen LogP contribution in [0.5, 0.6) is 0 Å². The van der Waals surface area contributed by atoms with Gasteiger partial charge >= 0.3 is 0 Å². The largest absolute Gasteiger partial charge is 0.369 e. The lowest BCUT2D eigenvalue weighted by Crippen LogP contribution is -2.46. The zero-order chi connectivity index (χ0) is 16.4. The third-order valence-corrected chi connectivity index (χ3v) is 4.68. The summed E-state index contributed by atoms with van der Waals surface area (Å²) in [5.41, 5.74) is 6.18. The van der Waals surface area contributed by atoms with Crippen LogP contribution < -0.4 is 10.6 Å². The van der Waals surface area contributed by atoms with E-state index in [9.17, 15) is 14.4 Å². The first-order valence-electron chi connectivity index (χ1n) is 8.00. The van der Waals surface area contributed by atoms with Gasteiger partial charge in [-0.15, -0.1) is 0 Å². The molecule has 2 aliphatic heterocycles. The Morgan fingerprint density at radius 3 is 2.52 bits per heavy atom. The Kier molecular flexibility index (Phi) is 4.32. The maximum Gasteiger partial charge on any atom is 0.228 e. The average Bonchev–Trinajstić information content (AvgIpc) is 2.97. The summed E-state index contributed by atoms with van der Waals surface area (Å²) < 4.78 is 0. The van der Waals surface area contributed by atoms with E-state index in [0.29, 0.717) is 19.6 Å². The molecule has 0 spiro atoms. The van der Waals surface area contributed by atoms with Gasteiger partial charge in [-0.3, -0.25) is 14.4 Å². The van der Waals surface area contributed by atoms with Crippen LogP contribution in [0.3, 0.4) is 0 Å². The number of anilines is 1. The summed E-state index contributed by atoms with van der Waals surface area (Å²) in [5.74, 6) is -1.03. The molecular formula is C17H21N3O3. The average molecular weight is 315 g/mol. The quantitative estimate of drug-likeness (QED) is 0.894. The van der Waals surface area contributed by atoms with Gasteiger partial charge in [-0.05, 0) is 25.0 Å². The number of likely N-dealkylation sites (tertiary alicyclic amines) is 1. The molecule has 122 valence electrons. The van der Waals surface area contributed by atoms with Gasteiger partial charge in [-0.2, -0.15) is 0 Å². The van der Waals surface area contributed by atoms with Crippen molar-refractivity contribution in [1.29, 1.82) is 0 Å². The van der Waals surface area contributed by atoms with E-state index in [-0.39, 0.29) is 36.0 Å². The molecule has 6 nitrogen and oxygen atoms in total. The molecule has 2 saturated heterocycles. The van der Waals surface area contributed by atoms with Gasteiger partial charge in [0.15, 0.2) is 0 Å².